The fourth-order valence-electron chi connectivity index (χ4n) is 4.36. The number of benzene rings is 3. The molecule has 0 radical (unpaired) electrons. The van der Waals surface area contributed by atoms with Crippen LogP contribution in [0, 0.1) is 0 Å². The van der Waals surface area contributed by atoms with Crippen molar-refractivity contribution in [2.75, 3.05) is 18.0 Å². The number of sulfonamides is 1. The van der Waals surface area contributed by atoms with Crippen molar-refractivity contribution in [1.29, 1.82) is 0 Å². The van der Waals surface area contributed by atoms with Gasteiger partial charge in [-0.25, -0.2) is 8.42 Å². The molecule has 5 rings (SSSR count). The maximum atomic E-state index is 13.6. The molecule has 0 aromatic heterocycles. The fraction of sp³-hybridized carbons (Fsp3) is 0.269. The Labute approximate surface area is 204 Å². The molecule has 0 bridgehead atoms. The van der Waals surface area contributed by atoms with E-state index in [4.69, 9.17) is 16.3 Å². The summed E-state index contributed by atoms with van der Waals surface area (Å²) in [5.41, 5.74) is 2.94. The quantitative estimate of drug-likeness (QED) is 0.466. The van der Waals surface area contributed by atoms with E-state index in [-0.39, 0.29) is 21.9 Å². The van der Waals surface area contributed by atoms with E-state index in [1.807, 2.05) is 47.4 Å². The van der Waals surface area contributed by atoms with Crippen molar-refractivity contribution in [2.45, 2.75) is 36.7 Å². The molecular formula is C26H25ClN2O4S. The van der Waals surface area contributed by atoms with Gasteiger partial charge < -0.3 is 9.64 Å². The first-order valence-electron chi connectivity index (χ1n) is 11.2. The van der Waals surface area contributed by atoms with Gasteiger partial charge in [-0.2, -0.15) is 0 Å². The van der Waals surface area contributed by atoms with Gasteiger partial charge >= 0.3 is 0 Å². The highest BCUT2D eigenvalue weighted by molar-refractivity contribution is 7.93. The van der Waals surface area contributed by atoms with Crippen LogP contribution in [0.4, 0.5) is 5.69 Å². The number of anilines is 1. The largest absolute Gasteiger partial charge is 0.497 e. The standard InChI is InChI=1S/C26H25ClN2O4S/c1-33-22-11-6-18(7-12-22)17-28(21-9-10-21)26(30)20-8-13-23(27)25(16-20)34(31,32)29-15-14-19-4-2-3-5-24(19)29/h2-8,11-13,16,21H,9-10,14-15,17H2,1H3. The third-order valence-electron chi connectivity index (χ3n) is 6.35. The molecule has 34 heavy (non-hydrogen) atoms. The number of fused-ring (bicyclic) bond motifs is 1. The van der Waals surface area contributed by atoms with Crippen LogP contribution in [-0.4, -0.2) is 38.9 Å². The summed E-state index contributed by atoms with van der Waals surface area (Å²) in [6.45, 7) is 0.791. The van der Waals surface area contributed by atoms with E-state index in [1.54, 1.807) is 19.2 Å². The number of halogens is 1. The number of carbonyl (C=O) groups is 1. The van der Waals surface area contributed by atoms with E-state index >= 15 is 0 Å². The second-order valence-corrected chi connectivity index (χ2v) is 10.9. The fourth-order valence-corrected chi connectivity index (χ4v) is 6.36. The van der Waals surface area contributed by atoms with Crippen molar-refractivity contribution in [3.63, 3.8) is 0 Å². The zero-order valence-corrected chi connectivity index (χ0v) is 20.3. The van der Waals surface area contributed by atoms with Crippen LogP contribution >= 0.6 is 11.6 Å². The van der Waals surface area contributed by atoms with Gasteiger partial charge in [-0.1, -0.05) is 41.9 Å². The maximum Gasteiger partial charge on any atom is 0.265 e. The van der Waals surface area contributed by atoms with Crippen LogP contribution in [-0.2, 0) is 23.0 Å². The third kappa shape index (κ3) is 4.26. The summed E-state index contributed by atoms with van der Waals surface area (Å²) in [7, 11) is -2.31. The first-order valence-corrected chi connectivity index (χ1v) is 13.0. The molecular weight excluding hydrogens is 472 g/mol. The number of amides is 1. The van der Waals surface area contributed by atoms with Crippen molar-refractivity contribution in [3.05, 3.63) is 88.4 Å². The van der Waals surface area contributed by atoms with Crippen LogP contribution in [0.15, 0.2) is 71.6 Å². The van der Waals surface area contributed by atoms with Gasteiger partial charge in [-0.15, -0.1) is 0 Å². The molecule has 3 aromatic carbocycles. The zero-order chi connectivity index (χ0) is 23.9. The number of ether oxygens (including phenoxy) is 1. The van der Waals surface area contributed by atoms with Crippen molar-refractivity contribution in [2.24, 2.45) is 0 Å². The van der Waals surface area contributed by atoms with Gasteiger partial charge in [0.2, 0.25) is 0 Å². The van der Waals surface area contributed by atoms with Crippen molar-refractivity contribution >= 4 is 33.2 Å². The van der Waals surface area contributed by atoms with Crippen molar-refractivity contribution in [1.82, 2.24) is 4.90 Å². The van der Waals surface area contributed by atoms with Crippen LogP contribution in [0.2, 0.25) is 5.02 Å². The molecule has 1 aliphatic heterocycles. The highest BCUT2D eigenvalue weighted by Gasteiger charge is 2.35. The molecule has 1 amide bonds. The Morgan fingerprint density at radius 3 is 2.53 bits per heavy atom. The Morgan fingerprint density at radius 1 is 1.09 bits per heavy atom. The van der Waals surface area contributed by atoms with Gasteiger partial charge in [0.15, 0.2) is 0 Å². The summed E-state index contributed by atoms with van der Waals surface area (Å²) < 4.78 is 33.7. The van der Waals surface area contributed by atoms with Gasteiger partial charge in [-0.05, 0) is 66.8 Å². The molecule has 0 N–H and O–H groups in total. The van der Waals surface area contributed by atoms with E-state index < -0.39 is 10.0 Å². The lowest BCUT2D eigenvalue weighted by Gasteiger charge is -2.24. The maximum absolute atomic E-state index is 13.6. The number of methoxy groups -OCH3 is 1. The summed E-state index contributed by atoms with van der Waals surface area (Å²) >= 11 is 6.36. The first-order chi connectivity index (χ1) is 16.4. The smallest absolute Gasteiger partial charge is 0.265 e. The van der Waals surface area contributed by atoms with Crippen LogP contribution < -0.4 is 9.04 Å². The van der Waals surface area contributed by atoms with Crippen LogP contribution in [0.3, 0.4) is 0 Å². The molecule has 1 fully saturated rings. The summed E-state index contributed by atoms with van der Waals surface area (Å²) in [5.74, 6) is 0.553. The minimum absolute atomic E-state index is 0.0445. The molecule has 1 saturated carbocycles. The predicted molar refractivity (Wildman–Crippen MR) is 132 cm³/mol. The van der Waals surface area contributed by atoms with Gasteiger partial charge in [-0.3, -0.25) is 9.10 Å². The molecule has 2 aliphatic rings. The van der Waals surface area contributed by atoms with E-state index in [2.05, 4.69) is 0 Å². The van der Waals surface area contributed by atoms with Gasteiger partial charge in [0.25, 0.3) is 15.9 Å². The molecule has 0 saturated heterocycles. The topological polar surface area (TPSA) is 66.9 Å². The third-order valence-corrected chi connectivity index (χ3v) is 8.65. The second-order valence-electron chi connectivity index (χ2n) is 8.61. The number of nitrogens with zero attached hydrogens (tertiary/aromatic N) is 2. The SMILES string of the molecule is COc1ccc(CN(C(=O)c2ccc(Cl)c(S(=O)(=O)N3CCc4ccccc43)c2)C2CC2)cc1. The normalized spacial score (nSPS) is 15.2. The molecule has 0 atom stereocenters. The summed E-state index contributed by atoms with van der Waals surface area (Å²) in [5, 5.41) is 0.106. The van der Waals surface area contributed by atoms with E-state index in [0.717, 1.165) is 29.7 Å². The second kappa shape index (κ2) is 8.96. The van der Waals surface area contributed by atoms with E-state index in [9.17, 15) is 13.2 Å². The van der Waals surface area contributed by atoms with Crippen LogP contribution in [0.1, 0.15) is 34.3 Å². The Morgan fingerprint density at radius 2 is 1.82 bits per heavy atom. The average molecular weight is 497 g/mol. The predicted octanol–water partition coefficient (Wildman–Crippen LogP) is 4.90. The monoisotopic (exact) mass is 496 g/mol. The van der Waals surface area contributed by atoms with Gasteiger partial charge in [0, 0.05) is 24.7 Å². The lowest BCUT2D eigenvalue weighted by Crippen LogP contribution is -2.33. The number of rotatable bonds is 7. The van der Waals surface area contributed by atoms with Crippen molar-refractivity contribution < 1.29 is 17.9 Å². The summed E-state index contributed by atoms with van der Waals surface area (Å²) in [6, 6.07) is 19.7. The molecule has 1 aliphatic carbocycles. The Kier molecular flexibility index (Phi) is 6.00. The molecule has 3 aromatic rings. The Hall–Kier alpha value is -3.03. The van der Waals surface area contributed by atoms with Gasteiger partial charge in [0.05, 0.1) is 17.8 Å². The molecule has 0 spiro atoms. The van der Waals surface area contributed by atoms with Gasteiger partial charge in [0.1, 0.15) is 10.6 Å². The lowest BCUT2D eigenvalue weighted by molar-refractivity contribution is 0.0729. The average Bonchev–Trinajstić information content (AvgIpc) is 3.60. The Bertz CT molecular complexity index is 1340. The molecule has 0 unspecified atom stereocenters. The lowest BCUT2D eigenvalue weighted by atomic mass is 10.1. The van der Waals surface area contributed by atoms with E-state index in [0.29, 0.717) is 30.8 Å². The van der Waals surface area contributed by atoms with Crippen LogP contribution in [0.5, 0.6) is 5.75 Å². The number of carbonyl (C=O) groups excluding carboxylic acids is 1. The molecule has 6 nitrogen and oxygen atoms in total. The van der Waals surface area contributed by atoms with E-state index in [1.165, 1.54) is 16.4 Å². The summed E-state index contributed by atoms with van der Waals surface area (Å²) in [4.78, 5) is 15.3. The number of hydrogen-bond donors (Lipinski definition) is 0. The number of para-hydroxylation sites is 1. The molecule has 8 heteroatoms. The first kappa shape index (κ1) is 22.7. The molecule has 1 heterocycles. The van der Waals surface area contributed by atoms with Crippen LogP contribution in [0.25, 0.3) is 0 Å². The minimum atomic E-state index is -3.92. The number of hydrogen-bond acceptors (Lipinski definition) is 4. The highest BCUT2D eigenvalue weighted by atomic mass is 35.5. The highest BCUT2D eigenvalue weighted by Crippen LogP contribution is 2.36. The Balaban J connectivity index is 1.45. The molecule has 176 valence electrons. The van der Waals surface area contributed by atoms with Crippen molar-refractivity contribution in [3.8, 4) is 5.75 Å². The minimum Gasteiger partial charge on any atom is -0.497 e. The zero-order valence-electron chi connectivity index (χ0n) is 18.8. The summed E-state index contributed by atoms with van der Waals surface area (Å²) in [6.07, 6.45) is 2.51.